The molecule has 3 aromatic rings. The van der Waals surface area contributed by atoms with Gasteiger partial charge in [-0.3, -0.25) is 14.6 Å². The molecule has 2 aromatic heterocycles. The number of unbranched alkanes of at least 4 members (excludes halogenated alkanes) is 2. The molecule has 0 bridgehead atoms. The molecule has 39 heavy (non-hydrogen) atoms. The van der Waals surface area contributed by atoms with Gasteiger partial charge in [-0.05, 0) is 80.4 Å². The number of imidazole rings is 1. The SMILES string of the molecule is CCC(=O)CCCCC[C@H](NC(=O)[C@H]1CC12CCN(C)CC2)c1ncc(-c2ccc(-c3cccnc3)cc2)[nH]1. The third-order valence-electron chi connectivity index (χ3n) is 8.76. The van der Waals surface area contributed by atoms with Crippen LogP contribution in [0.2, 0.25) is 0 Å². The summed E-state index contributed by atoms with van der Waals surface area (Å²) in [5.74, 6) is 1.41. The molecule has 206 valence electrons. The Labute approximate surface area is 231 Å². The van der Waals surface area contributed by atoms with E-state index in [9.17, 15) is 9.59 Å². The van der Waals surface area contributed by atoms with Crippen LogP contribution in [0.5, 0.6) is 0 Å². The van der Waals surface area contributed by atoms with E-state index in [1.165, 1.54) is 0 Å². The molecule has 1 saturated carbocycles. The molecular formula is C32H41N5O2. The summed E-state index contributed by atoms with van der Waals surface area (Å²) in [6.07, 6.45) is 13.6. The number of ketones is 1. The van der Waals surface area contributed by atoms with Crippen LogP contribution in [0.15, 0.2) is 55.0 Å². The second-order valence-corrected chi connectivity index (χ2v) is 11.5. The number of rotatable bonds is 12. The first kappa shape index (κ1) is 27.3. The highest BCUT2D eigenvalue weighted by atomic mass is 16.2. The Bertz CT molecular complexity index is 1250. The van der Waals surface area contributed by atoms with Gasteiger partial charge in [0.15, 0.2) is 0 Å². The average molecular weight is 528 g/mol. The summed E-state index contributed by atoms with van der Waals surface area (Å²) in [6, 6.07) is 12.2. The van der Waals surface area contributed by atoms with Crippen molar-refractivity contribution >= 4 is 11.7 Å². The third kappa shape index (κ3) is 6.64. The molecule has 1 amide bonds. The lowest BCUT2D eigenvalue weighted by molar-refractivity contribution is -0.124. The fourth-order valence-corrected chi connectivity index (χ4v) is 5.94. The van der Waals surface area contributed by atoms with Crippen molar-refractivity contribution in [1.82, 2.24) is 25.2 Å². The standard InChI is InChI=1S/C32H41N5O2/c1-3-26(38)9-5-4-6-10-28(36-31(39)27-20-32(27)15-18-37(2)19-16-32)30-34-22-29(35-30)24-13-11-23(12-14-24)25-8-7-17-33-21-25/h7-8,11-14,17,21-22,27-28H,3-6,9-10,15-16,18-20H2,1-2H3,(H,34,35)(H,36,39)/t27-,28+/m1/s1. The number of benzene rings is 1. The number of nitrogens with zero attached hydrogens (tertiary/aromatic N) is 3. The van der Waals surface area contributed by atoms with Gasteiger partial charge in [0.25, 0.3) is 0 Å². The number of hydrogen-bond acceptors (Lipinski definition) is 5. The van der Waals surface area contributed by atoms with E-state index in [1.54, 1.807) is 6.20 Å². The van der Waals surface area contributed by atoms with Crippen LogP contribution in [0, 0.1) is 11.3 Å². The summed E-state index contributed by atoms with van der Waals surface area (Å²) in [4.78, 5) is 39.9. The molecule has 7 nitrogen and oxygen atoms in total. The second-order valence-electron chi connectivity index (χ2n) is 11.5. The van der Waals surface area contributed by atoms with Crippen LogP contribution in [-0.4, -0.2) is 51.7 Å². The normalized spacial score (nSPS) is 19.1. The quantitative estimate of drug-likeness (QED) is 0.284. The van der Waals surface area contributed by atoms with Gasteiger partial charge in [-0.25, -0.2) is 4.98 Å². The molecule has 5 rings (SSSR count). The summed E-state index contributed by atoms with van der Waals surface area (Å²) < 4.78 is 0. The lowest BCUT2D eigenvalue weighted by atomic mass is 9.91. The first-order valence-electron chi connectivity index (χ1n) is 14.5. The molecule has 1 aliphatic carbocycles. The van der Waals surface area contributed by atoms with Crippen LogP contribution >= 0.6 is 0 Å². The number of carbonyl (C=O) groups is 2. The van der Waals surface area contributed by atoms with Crippen molar-refractivity contribution in [2.45, 2.75) is 70.8 Å². The van der Waals surface area contributed by atoms with E-state index in [4.69, 9.17) is 4.98 Å². The third-order valence-corrected chi connectivity index (χ3v) is 8.76. The van der Waals surface area contributed by atoms with Crippen molar-refractivity contribution in [3.8, 4) is 22.4 Å². The van der Waals surface area contributed by atoms with Crippen LogP contribution in [0.1, 0.15) is 76.6 Å². The number of nitrogens with one attached hydrogen (secondary N) is 2. The average Bonchev–Trinajstić information content (AvgIpc) is 3.45. The number of piperidine rings is 1. The summed E-state index contributed by atoms with van der Waals surface area (Å²) in [5, 5.41) is 3.36. The number of aromatic amines is 1. The van der Waals surface area contributed by atoms with Gasteiger partial charge >= 0.3 is 0 Å². The van der Waals surface area contributed by atoms with Crippen LogP contribution in [-0.2, 0) is 9.59 Å². The van der Waals surface area contributed by atoms with Crippen LogP contribution < -0.4 is 5.32 Å². The van der Waals surface area contributed by atoms with Crippen molar-refractivity contribution in [1.29, 1.82) is 0 Å². The van der Waals surface area contributed by atoms with Gasteiger partial charge < -0.3 is 15.2 Å². The van der Waals surface area contributed by atoms with Crippen LogP contribution in [0.25, 0.3) is 22.4 Å². The molecular weight excluding hydrogens is 486 g/mol. The van der Waals surface area contributed by atoms with Crippen molar-refractivity contribution in [3.05, 3.63) is 60.8 Å². The molecule has 7 heteroatoms. The predicted molar refractivity (Wildman–Crippen MR) is 154 cm³/mol. The van der Waals surface area contributed by atoms with E-state index in [2.05, 4.69) is 57.6 Å². The molecule has 1 aromatic carbocycles. The maximum Gasteiger partial charge on any atom is 0.224 e. The van der Waals surface area contributed by atoms with Gasteiger partial charge in [-0.1, -0.05) is 50.1 Å². The smallest absolute Gasteiger partial charge is 0.224 e. The number of aromatic nitrogens is 3. The maximum absolute atomic E-state index is 13.4. The molecule has 0 radical (unpaired) electrons. The topological polar surface area (TPSA) is 91.0 Å². The molecule has 2 aliphatic rings. The Hall–Kier alpha value is -3.32. The minimum atomic E-state index is -0.160. The minimum absolute atomic E-state index is 0.116. The molecule has 2 N–H and O–H groups in total. The Balaban J connectivity index is 1.25. The van der Waals surface area contributed by atoms with E-state index in [-0.39, 0.29) is 23.3 Å². The van der Waals surface area contributed by atoms with Crippen LogP contribution in [0.4, 0.5) is 0 Å². The van der Waals surface area contributed by atoms with Gasteiger partial charge in [-0.15, -0.1) is 0 Å². The van der Waals surface area contributed by atoms with E-state index in [1.807, 2.05) is 25.4 Å². The molecule has 2 atom stereocenters. The highest BCUT2D eigenvalue weighted by Crippen LogP contribution is 2.59. The highest BCUT2D eigenvalue weighted by molar-refractivity contribution is 5.83. The predicted octanol–water partition coefficient (Wildman–Crippen LogP) is 5.96. The Morgan fingerprint density at radius 2 is 1.82 bits per heavy atom. The molecule has 0 unspecified atom stereocenters. The molecule has 2 fully saturated rings. The molecule has 1 spiro atoms. The van der Waals surface area contributed by atoms with Crippen molar-refractivity contribution < 1.29 is 9.59 Å². The van der Waals surface area contributed by atoms with E-state index >= 15 is 0 Å². The molecule has 1 saturated heterocycles. The highest BCUT2D eigenvalue weighted by Gasteiger charge is 2.58. The number of likely N-dealkylation sites (tertiary alicyclic amines) is 1. The molecule has 3 heterocycles. The summed E-state index contributed by atoms with van der Waals surface area (Å²) in [5.41, 5.74) is 4.39. The lowest BCUT2D eigenvalue weighted by Gasteiger charge is -2.30. The van der Waals surface area contributed by atoms with Crippen molar-refractivity contribution in [2.24, 2.45) is 11.3 Å². The monoisotopic (exact) mass is 527 g/mol. The van der Waals surface area contributed by atoms with E-state index in [0.717, 1.165) is 86.2 Å². The number of pyridine rings is 1. The zero-order chi connectivity index (χ0) is 27.2. The van der Waals surface area contributed by atoms with Crippen molar-refractivity contribution in [3.63, 3.8) is 0 Å². The number of Topliss-reactive ketones (excluding diaryl/α,β-unsaturated/α-hetero) is 1. The second kappa shape index (κ2) is 12.2. The summed E-state index contributed by atoms with van der Waals surface area (Å²) in [6.45, 7) is 4.07. The Kier molecular flexibility index (Phi) is 8.56. The molecule has 1 aliphatic heterocycles. The van der Waals surface area contributed by atoms with Gasteiger partial charge in [0.2, 0.25) is 5.91 Å². The fraction of sp³-hybridized carbons (Fsp3) is 0.500. The maximum atomic E-state index is 13.4. The number of hydrogen-bond donors (Lipinski definition) is 2. The van der Waals surface area contributed by atoms with E-state index in [0.29, 0.717) is 18.6 Å². The lowest BCUT2D eigenvalue weighted by Crippen LogP contribution is -2.36. The minimum Gasteiger partial charge on any atom is -0.346 e. The van der Waals surface area contributed by atoms with Gasteiger partial charge in [-0.2, -0.15) is 0 Å². The first-order valence-corrected chi connectivity index (χ1v) is 14.5. The first-order chi connectivity index (χ1) is 19.0. The number of carbonyl (C=O) groups excluding carboxylic acids is 2. The van der Waals surface area contributed by atoms with Gasteiger partial charge in [0.1, 0.15) is 11.6 Å². The largest absolute Gasteiger partial charge is 0.346 e. The van der Waals surface area contributed by atoms with E-state index < -0.39 is 0 Å². The Morgan fingerprint density at radius 1 is 1.05 bits per heavy atom. The number of H-pyrrole nitrogens is 1. The fourth-order valence-electron chi connectivity index (χ4n) is 5.94. The zero-order valence-corrected chi connectivity index (χ0v) is 23.3. The van der Waals surface area contributed by atoms with Gasteiger partial charge in [0, 0.05) is 31.2 Å². The van der Waals surface area contributed by atoms with Crippen LogP contribution in [0.3, 0.4) is 0 Å². The number of amides is 1. The van der Waals surface area contributed by atoms with Gasteiger partial charge in [0.05, 0.1) is 17.9 Å². The summed E-state index contributed by atoms with van der Waals surface area (Å²) in [7, 11) is 2.16. The Morgan fingerprint density at radius 3 is 2.54 bits per heavy atom. The summed E-state index contributed by atoms with van der Waals surface area (Å²) >= 11 is 0. The zero-order valence-electron chi connectivity index (χ0n) is 23.3. The van der Waals surface area contributed by atoms with Crippen molar-refractivity contribution in [2.75, 3.05) is 20.1 Å².